The van der Waals surface area contributed by atoms with Crippen molar-refractivity contribution in [2.75, 3.05) is 5.73 Å². The number of rotatable bonds is 2. The van der Waals surface area contributed by atoms with Gasteiger partial charge in [0.1, 0.15) is 0 Å². The number of hydrogen-bond donors (Lipinski definition) is 1. The first-order valence-electron chi connectivity index (χ1n) is 6.56. The third-order valence-corrected chi connectivity index (χ3v) is 4.20. The Balaban J connectivity index is 2.19. The van der Waals surface area contributed by atoms with Gasteiger partial charge in [-0.05, 0) is 43.2 Å². The number of benzene rings is 2. The molecular weight excluding hydrogens is 314 g/mol. The van der Waals surface area contributed by atoms with Gasteiger partial charge in [0, 0.05) is 4.47 Å². The fraction of sp³-hybridized carbons (Fsp3) is 0.188. The maximum atomic E-state index is 6.13. The summed E-state index contributed by atoms with van der Waals surface area (Å²) in [5.74, 6) is 0.550. The number of aryl methyl sites for hydroxylation is 1. The third kappa shape index (κ3) is 2.10. The lowest BCUT2D eigenvalue weighted by atomic mass is 10.0. The molecule has 4 heteroatoms. The fourth-order valence-electron chi connectivity index (χ4n) is 2.69. The van der Waals surface area contributed by atoms with Gasteiger partial charge in [-0.1, -0.05) is 40.2 Å². The van der Waals surface area contributed by atoms with Crippen LogP contribution in [0.4, 0.5) is 5.95 Å². The highest BCUT2D eigenvalue weighted by Crippen LogP contribution is 2.30. The Kier molecular flexibility index (Phi) is 3.26. The largest absolute Gasteiger partial charge is 0.369 e. The Morgan fingerprint density at radius 1 is 1.20 bits per heavy atom. The second-order valence-corrected chi connectivity index (χ2v) is 5.92. The zero-order valence-corrected chi connectivity index (χ0v) is 13.1. The summed E-state index contributed by atoms with van der Waals surface area (Å²) >= 11 is 3.47. The van der Waals surface area contributed by atoms with Crippen LogP contribution >= 0.6 is 15.9 Å². The molecule has 0 aliphatic heterocycles. The van der Waals surface area contributed by atoms with Crippen LogP contribution in [-0.4, -0.2) is 9.55 Å². The maximum absolute atomic E-state index is 6.13. The van der Waals surface area contributed by atoms with Crippen molar-refractivity contribution in [1.82, 2.24) is 9.55 Å². The average molecular weight is 330 g/mol. The number of nitrogens with two attached hydrogens (primary N) is 1. The van der Waals surface area contributed by atoms with Crippen molar-refractivity contribution in [3.8, 4) is 0 Å². The Bertz CT molecular complexity index is 776. The molecule has 1 unspecified atom stereocenters. The first kappa shape index (κ1) is 13.2. The van der Waals surface area contributed by atoms with E-state index in [0.717, 1.165) is 15.5 Å². The van der Waals surface area contributed by atoms with Gasteiger partial charge in [0.15, 0.2) is 0 Å². The summed E-state index contributed by atoms with van der Waals surface area (Å²) in [4.78, 5) is 4.46. The molecule has 3 aromatic rings. The van der Waals surface area contributed by atoms with Crippen molar-refractivity contribution in [1.29, 1.82) is 0 Å². The van der Waals surface area contributed by atoms with Gasteiger partial charge in [-0.3, -0.25) is 0 Å². The monoisotopic (exact) mass is 329 g/mol. The predicted molar refractivity (Wildman–Crippen MR) is 86.8 cm³/mol. The van der Waals surface area contributed by atoms with E-state index in [4.69, 9.17) is 5.73 Å². The van der Waals surface area contributed by atoms with E-state index in [1.54, 1.807) is 0 Å². The molecule has 0 spiro atoms. The molecule has 0 radical (unpaired) electrons. The highest BCUT2D eigenvalue weighted by atomic mass is 79.9. The smallest absolute Gasteiger partial charge is 0.201 e. The van der Waals surface area contributed by atoms with Gasteiger partial charge in [-0.25, -0.2) is 4.98 Å². The minimum absolute atomic E-state index is 0.155. The summed E-state index contributed by atoms with van der Waals surface area (Å²) in [5.41, 5.74) is 10.6. The van der Waals surface area contributed by atoms with Crippen LogP contribution in [0, 0.1) is 6.92 Å². The third-order valence-electron chi connectivity index (χ3n) is 3.70. The van der Waals surface area contributed by atoms with E-state index in [1.807, 2.05) is 12.1 Å². The molecule has 2 aromatic carbocycles. The van der Waals surface area contributed by atoms with Crippen molar-refractivity contribution in [2.24, 2.45) is 0 Å². The molecule has 0 bridgehead atoms. The number of halogens is 1. The molecule has 0 aliphatic rings. The molecule has 1 aromatic heterocycles. The average Bonchev–Trinajstić information content (AvgIpc) is 2.73. The first-order valence-corrected chi connectivity index (χ1v) is 7.35. The Hall–Kier alpha value is -1.81. The van der Waals surface area contributed by atoms with E-state index >= 15 is 0 Å². The lowest BCUT2D eigenvalue weighted by Gasteiger charge is -2.18. The van der Waals surface area contributed by atoms with Gasteiger partial charge in [-0.2, -0.15) is 0 Å². The van der Waals surface area contributed by atoms with E-state index in [1.165, 1.54) is 11.1 Å². The number of nitrogens with zero attached hydrogens (tertiary/aromatic N) is 2. The van der Waals surface area contributed by atoms with Gasteiger partial charge < -0.3 is 10.3 Å². The topological polar surface area (TPSA) is 43.8 Å². The fourth-order valence-corrected chi connectivity index (χ4v) is 3.04. The standard InChI is InChI=1S/C16H16BrN3/c1-10-5-3-4-6-13(10)11(2)20-15-8-7-12(17)9-14(15)19-16(20)18/h3-9,11H,1-2H3,(H2,18,19). The zero-order valence-electron chi connectivity index (χ0n) is 11.5. The quantitative estimate of drug-likeness (QED) is 0.761. The van der Waals surface area contributed by atoms with Crippen LogP contribution < -0.4 is 5.73 Å². The number of fused-ring (bicyclic) bond motifs is 1. The Labute approximate surface area is 126 Å². The molecule has 3 nitrogen and oxygen atoms in total. The van der Waals surface area contributed by atoms with E-state index in [0.29, 0.717) is 5.95 Å². The zero-order chi connectivity index (χ0) is 14.3. The van der Waals surface area contributed by atoms with Crippen LogP contribution in [-0.2, 0) is 0 Å². The number of hydrogen-bond acceptors (Lipinski definition) is 2. The van der Waals surface area contributed by atoms with Crippen LogP contribution in [0.2, 0.25) is 0 Å². The molecule has 0 saturated carbocycles. The van der Waals surface area contributed by atoms with Gasteiger partial charge in [0.05, 0.1) is 17.1 Å². The summed E-state index contributed by atoms with van der Waals surface area (Å²) in [6, 6.07) is 14.6. The maximum Gasteiger partial charge on any atom is 0.201 e. The highest BCUT2D eigenvalue weighted by Gasteiger charge is 2.16. The predicted octanol–water partition coefficient (Wildman–Crippen LogP) is 4.30. The van der Waals surface area contributed by atoms with Gasteiger partial charge >= 0.3 is 0 Å². The van der Waals surface area contributed by atoms with Gasteiger partial charge in [0.2, 0.25) is 5.95 Å². The van der Waals surface area contributed by atoms with Crippen LogP contribution in [0.5, 0.6) is 0 Å². The van der Waals surface area contributed by atoms with Gasteiger partial charge in [-0.15, -0.1) is 0 Å². The first-order chi connectivity index (χ1) is 9.58. The SMILES string of the molecule is Cc1ccccc1C(C)n1c(N)nc2cc(Br)ccc21. The van der Waals surface area contributed by atoms with Crippen LogP contribution in [0.25, 0.3) is 11.0 Å². The molecule has 1 atom stereocenters. The van der Waals surface area contributed by atoms with Crippen molar-refractivity contribution >= 4 is 32.9 Å². The normalized spacial score (nSPS) is 12.8. The Morgan fingerprint density at radius 3 is 2.70 bits per heavy atom. The van der Waals surface area contributed by atoms with E-state index in [9.17, 15) is 0 Å². The van der Waals surface area contributed by atoms with E-state index in [-0.39, 0.29) is 6.04 Å². The molecular formula is C16H16BrN3. The molecule has 20 heavy (non-hydrogen) atoms. The van der Waals surface area contributed by atoms with Crippen molar-refractivity contribution in [3.05, 3.63) is 58.1 Å². The van der Waals surface area contributed by atoms with Crippen LogP contribution in [0.1, 0.15) is 24.1 Å². The van der Waals surface area contributed by atoms with Crippen molar-refractivity contribution < 1.29 is 0 Å². The minimum Gasteiger partial charge on any atom is -0.369 e. The number of anilines is 1. The van der Waals surface area contributed by atoms with Crippen LogP contribution in [0.3, 0.4) is 0 Å². The summed E-state index contributed by atoms with van der Waals surface area (Å²) in [7, 11) is 0. The number of nitrogen functional groups attached to an aromatic ring is 1. The molecule has 0 aliphatic carbocycles. The summed E-state index contributed by atoms with van der Waals surface area (Å²) < 4.78 is 3.10. The van der Waals surface area contributed by atoms with Gasteiger partial charge in [0.25, 0.3) is 0 Å². The summed E-state index contributed by atoms with van der Waals surface area (Å²) in [6.45, 7) is 4.28. The van der Waals surface area contributed by atoms with E-state index < -0.39 is 0 Å². The lowest BCUT2D eigenvalue weighted by Crippen LogP contribution is -2.11. The minimum atomic E-state index is 0.155. The summed E-state index contributed by atoms with van der Waals surface area (Å²) in [6.07, 6.45) is 0. The molecule has 1 heterocycles. The molecule has 0 amide bonds. The van der Waals surface area contributed by atoms with E-state index in [2.05, 4.69) is 69.7 Å². The molecule has 2 N–H and O–H groups in total. The molecule has 0 saturated heterocycles. The second kappa shape index (κ2) is 4.94. The van der Waals surface area contributed by atoms with Crippen molar-refractivity contribution in [3.63, 3.8) is 0 Å². The Morgan fingerprint density at radius 2 is 1.95 bits per heavy atom. The molecule has 102 valence electrons. The van der Waals surface area contributed by atoms with Crippen LogP contribution in [0.15, 0.2) is 46.9 Å². The second-order valence-electron chi connectivity index (χ2n) is 5.01. The highest BCUT2D eigenvalue weighted by molar-refractivity contribution is 9.10. The van der Waals surface area contributed by atoms with Crippen molar-refractivity contribution in [2.45, 2.75) is 19.9 Å². The number of imidazole rings is 1. The molecule has 3 rings (SSSR count). The number of aromatic nitrogens is 2. The summed E-state index contributed by atoms with van der Waals surface area (Å²) in [5, 5.41) is 0. The molecule has 0 fully saturated rings. The lowest BCUT2D eigenvalue weighted by molar-refractivity contribution is 0.663.